The minimum Gasteiger partial charge on any atom is -0.383 e. The fraction of sp³-hybridized carbons (Fsp3) is 0.294. The van der Waals surface area contributed by atoms with E-state index in [2.05, 4.69) is 5.32 Å². The number of anilines is 1. The minimum atomic E-state index is -0.394. The Labute approximate surface area is 134 Å². The molecule has 0 fully saturated rings. The highest BCUT2D eigenvalue weighted by molar-refractivity contribution is 5.53. The van der Waals surface area contributed by atoms with Crippen molar-refractivity contribution in [2.24, 2.45) is 0 Å². The smallest absolute Gasteiger partial charge is 0.272 e. The predicted octanol–water partition coefficient (Wildman–Crippen LogP) is 3.76. The minimum absolute atomic E-state index is 0.0128. The number of likely N-dealkylation sites (N-methyl/N-ethyl adjacent to an activating group) is 1. The van der Waals surface area contributed by atoms with Gasteiger partial charge in [-0.3, -0.25) is 10.1 Å². The van der Waals surface area contributed by atoms with Crippen molar-refractivity contribution in [1.29, 1.82) is 0 Å². The number of rotatable bonds is 6. The molecule has 2 aromatic rings. The summed E-state index contributed by atoms with van der Waals surface area (Å²) in [6.07, 6.45) is 0. The molecule has 0 heterocycles. The first-order valence-electron chi connectivity index (χ1n) is 7.29. The van der Waals surface area contributed by atoms with E-state index in [-0.39, 0.29) is 17.5 Å². The van der Waals surface area contributed by atoms with Crippen LogP contribution in [0.15, 0.2) is 42.5 Å². The molecular formula is C17H20FN3O2. The summed E-state index contributed by atoms with van der Waals surface area (Å²) in [4.78, 5) is 12.5. The lowest BCUT2D eigenvalue weighted by molar-refractivity contribution is -0.385. The zero-order valence-corrected chi connectivity index (χ0v) is 13.4. The van der Waals surface area contributed by atoms with Crippen LogP contribution < -0.4 is 5.32 Å². The van der Waals surface area contributed by atoms with Crippen molar-refractivity contribution in [1.82, 2.24) is 4.90 Å². The summed E-state index contributed by atoms with van der Waals surface area (Å²) in [5.74, 6) is -0.263. The second kappa shape index (κ2) is 7.19. The maximum Gasteiger partial charge on any atom is 0.272 e. The molecule has 0 aliphatic heterocycles. The quantitative estimate of drug-likeness (QED) is 0.651. The molecule has 0 bridgehead atoms. The summed E-state index contributed by atoms with van der Waals surface area (Å²) >= 11 is 0. The number of nitrogens with one attached hydrogen (secondary N) is 1. The predicted molar refractivity (Wildman–Crippen MR) is 89.2 cm³/mol. The van der Waals surface area contributed by atoms with Gasteiger partial charge in [0.25, 0.3) is 5.69 Å². The largest absolute Gasteiger partial charge is 0.383 e. The van der Waals surface area contributed by atoms with E-state index in [1.54, 1.807) is 25.1 Å². The first-order chi connectivity index (χ1) is 10.9. The lowest BCUT2D eigenvalue weighted by Crippen LogP contribution is -2.27. The third-order valence-corrected chi connectivity index (χ3v) is 3.75. The van der Waals surface area contributed by atoms with Crippen LogP contribution in [0.5, 0.6) is 0 Å². The van der Waals surface area contributed by atoms with Crippen molar-refractivity contribution in [3.8, 4) is 0 Å². The highest BCUT2D eigenvalue weighted by Crippen LogP contribution is 2.24. The molecule has 1 unspecified atom stereocenters. The van der Waals surface area contributed by atoms with Gasteiger partial charge in [-0.2, -0.15) is 0 Å². The van der Waals surface area contributed by atoms with Crippen molar-refractivity contribution in [2.75, 3.05) is 26.0 Å². The Hall–Kier alpha value is -2.47. The molecule has 0 aromatic heterocycles. The lowest BCUT2D eigenvalue weighted by Gasteiger charge is -2.25. The zero-order valence-electron chi connectivity index (χ0n) is 13.4. The van der Waals surface area contributed by atoms with Crippen LogP contribution in [0.4, 0.5) is 15.8 Å². The highest BCUT2D eigenvalue weighted by Gasteiger charge is 2.15. The van der Waals surface area contributed by atoms with Crippen LogP contribution in [0.1, 0.15) is 17.2 Å². The van der Waals surface area contributed by atoms with Gasteiger partial charge in [0.15, 0.2) is 0 Å². The Balaban J connectivity index is 2.13. The van der Waals surface area contributed by atoms with E-state index in [0.29, 0.717) is 12.1 Å². The SMILES string of the molecule is Cc1cc(NCC(c2cccc(F)c2)N(C)C)ccc1[N+](=O)[O-]. The van der Waals surface area contributed by atoms with Crippen LogP contribution in [0.25, 0.3) is 0 Å². The van der Waals surface area contributed by atoms with Crippen LogP contribution in [-0.4, -0.2) is 30.5 Å². The monoisotopic (exact) mass is 317 g/mol. The van der Waals surface area contributed by atoms with E-state index < -0.39 is 4.92 Å². The summed E-state index contributed by atoms with van der Waals surface area (Å²) < 4.78 is 13.4. The molecule has 1 atom stereocenters. The van der Waals surface area contributed by atoms with Gasteiger partial charge in [-0.1, -0.05) is 12.1 Å². The molecule has 0 aliphatic rings. The van der Waals surface area contributed by atoms with Gasteiger partial charge in [-0.25, -0.2) is 4.39 Å². The zero-order chi connectivity index (χ0) is 17.0. The number of aryl methyl sites for hydroxylation is 1. The van der Waals surface area contributed by atoms with Gasteiger partial charge in [0.1, 0.15) is 5.82 Å². The number of nitro groups is 1. The molecule has 0 radical (unpaired) electrons. The molecule has 0 aliphatic carbocycles. The Kier molecular flexibility index (Phi) is 5.28. The topological polar surface area (TPSA) is 58.4 Å². The van der Waals surface area contributed by atoms with Gasteiger partial charge in [0.05, 0.1) is 11.0 Å². The van der Waals surface area contributed by atoms with Crippen molar-refractivity contribution >= 4 is 11.4 Å². The Bertz CT molecular complexity index is 704. The molecule has 23 heavy (non-hydrogen) atoms. The first kappa shape index (κ1) is 16.9. The van der Waals surface area contributed by atoms with Crippen LogP contribution >= 0.6 is 0 Å². The molecule has 1 N–H and O–H groups in total. The molecule has 0 saturated heterocycles. The fourth-order valence-corrected chi connectivity index (χ4v) is 2.50. The maximum atomic E-state index is 13.4. The average molecular weight is 317 g/mol. The van der Waals surface area contributed by atoms with Gasteiger partial charge < -0.3 is 10.2 Å². The van der Waals surface area contributed by atoms with E-state index in [1.165, 1.54) is 18.2 Å². The van der Waals surface area contributed by atoms with Gasteiger partial charge in [-0.05, 0) is 50.8 Å². The molecular weight excluding hydrogens is 297 g/mol. The standard InChI is InChI=1S/C17H20FN3O2/c1-12-9-15(7-8-16(12)21(22)23)19-11-17(20(2)3)13-5-4-6-14(18)10-13/h4-10,17,19H,11H2,1-3H3. The van der Waals surface area contributed by atoms with Gasteiger partial charge in [0.2, 0.25) is 0 Å². The van der Waals surface area contributed by atoms with Gasteiger partial charge in [-0.15, -0.1) is 0 Å². The lowest BCUT2D eigenvalue weighted by atomic mass is 10.1. The number of nitrogens with zero attached hydrogens (tertiary/aromatic N) is 2. The van der Waals surface area contributed by atoms with E-state index in [4.69, 9.17) is 0 Å². The van der Waals surface area contributed by atoms with Crippen LogP contribution in [0.2, 0.25) is 0 Å². The summed E-state index contributed by atoms with van der Waals surface area (Å²) in [6, 6.07) is 11.4. The Morgan fingerprint density at radius 3 is 2.57 bits per heavy atom. The second-order valence-corrected chi connectivity index (χ2v) is 5.67. The van der Waals surface area contributed by atoms with E-state index in [0.717, 1.165) is 11.3 Å². The Morgan fingerprint density at radius 2 is 2.00 bits per heavy atom. The van der Waals surface area contributed by atoms with Crippen LogP contribution in [0, 0.1) is 22.9 Å². The maximum absolute atomic E-state index is 13.4. The number of nitro benzene ring substituents is 1. The number of benzene rings is 2. The highest BCUT2D eigenvalue weighted by atomic mass is 19.1. The number of hydrogen-bond acceptors (Lipinski definition) is 4. The van der Waals surface area contributed by atoms with Crippen LogP contribution in [-0.2, 0) is 0 Å². The summed E-state index contributed by atoms with van der Waals surface area (Å²) in [5.41, 5.74) is 2.38. The van der Waals surface area contributed by atoms with E-state index >= 15 is 0 Å². The Morgan fingerprint density at radius 1 is 1.26 bits per heavy atom. The van der Waals surface area contributed by atoms with Gasteiger partial charge in [0, 0.05) is 23.9 Å². The second-order valence-electron chi connectivity index (χ2n) is 5.67. The third-order valence-electron chi connectivity index (χ3n) is 3.75. The van der Waals surface area contributed by atoms with Crippen LogP contribution in [0.3, 0.4) is 0 Å². The number of hydrogen-bond donors (Lipinski definition) is 1. The molecule has 0 saturated carbocycles. The molecule has 0 amide bonds. The third kappa shape index (κ3) is 4.26. The summed E-state index contributed by atoms with van der Waals surface area (Å²) in [6.45, 7) is 2.27. The molecule has 6 heteroatoms. The van der Waals surface area contributed by atoms with Crippen molar-refractivity contribution in [2.45, 2.75) is 13.0 Å². The van der Waals surface area contributed by atoms with Crippen molar-refractivity contribution < 1.29 is 9.31 Å². The van der Waals surface area contributed by atoms with E-state index in [1.807, 2.05) is 25.1 Å². The molecule has 122 valence electrons. The molecule has 2 rings (SSSR count). The normalized spacial score (nSPS) is 12.2. The molecule has 5 nitrogen and oxygen atoms in total. The number of halogens is 1. The van der Waals surface area contributed by atoms with Crippen molar-refractivity contribution in [3.05, 3.63) is 69.5 Å². The summed E-state index contributed by atoms with van der Waals surface area (Å²) in [7, 11) is 3.86. The van der Waals surface area contributed by atoms with Gasteiger partial charge >= 0.3 is 0 Å². The first-order valence-corrected chi connectivity index (χ1v) is 7.29. The molecule has 0 spiro atoms. The fourth-order valence-electron chi connectivity index (χ4n) is 2.50. The summed E-state index contributed by atoms with van der Waals surface area (Å²) in [5, 5.41) is 14.1. The average Bonchev–Trinajstić information content (AvgIpc) is 2.47. The van der Waals surface area contributed by atoms with E-state index in [9.17, 15) is 14.5 Å². The molecule has 2 aromatic carbocycles. The van der Waals surface area contributed by atoms with Crippen molar-refractivity contribution in [3.63, 3.8) is 0 Å².